The van der Waals surface area contributed by atoms with Gasteiger partial charge < -0.3 is 11.5 Å². The van der Waals surface area contributed by atoms with Crippen LogP contribution in [-0.4, -0.2) is 43.7 Å². The number of halogens is 1. The Hall–Kier alpha value is -1.87. The first kappa shape index (κ1) is 22.3. The molecular formula is C22H29ClN5O2S+. The highest BCUT2D eigenvalue weighted by molar-refractivity contribution is 6.99. The van der Waals surface area contributed by atoms with Gasteiger partial charge in [0.25, 0.3) is 5.91 Å². The summed E-state index contributed by atoms with van der Waals surface area (Å²) in [5.74, 6) is -0.358. The van der Waals surface area contributed by atoms with E-state index in [1.807, 2.05) is 12.1 Å². The molecule has 2 amide bonds. The van der Waals surface area contributed by atoms with Crippen molar-refractivity contribution in [3.63, 3.8) is 0 Å². The third-order valence-corrected chi connectivity index (χ3v) is 7.71. The summed E-state index contributed by atoms with van der Waals surface area (Å²) in [5.41, 5.74) is 14.8. The molecule has 2 heterocycles. The first-order valence-corrected chi connectivity index (χ1v) is 12.1. The molecule has 1 aliphatic heterocycles. The molecule has 3 atom stereocenters. The zero-order valence-electron chi connectivity index (χ0n) is 17.5. The molecule has 31 heavy (non-hydrogen) atoms. The van der Waals surface area contributed by atoms with Crippen molar-refractivity contribution in [2.24, 2.45) is 17.4 Å². The lowest BCUT2D eigenvalue weighted by molar-refractivity contribution is -0.871. The minimum atomic E-state index is -0.594. The van der Waals surface area contributed by atoms with Gasteiger partial charge in [0.1, 0.15) is 18.3 Å². The fourth-order valence-electron chi connectivity index (χ4n) is 5.41. The van der Waals surface area contributed by atoms with Gasteiger partial charge in [-0.1, -0.05) is 36.9 Å². The van der Waals surface area contributed by atoms with Crippen LogP contribution in [0.4, 0.5) is 0 Å². The summed E-state index contributed by atoms with van der Waals surface area (Å²) in [7, 11) is 0. The predicted molar refractivity (Wildman–Crippen MR) is 121 cm³/mol. The first-order chi connectivity index (χ1) is 14.9. The second kappa shape index (κ2) is 9.32. The van der Waals surface area contributed by atoms with Crippen LogP contribution in [0.2, 0.25) is 5.02 Å². The van der Waals surface area contributed by atoms with Crippen LogP contribution < -0.4 is 11.5 Å². The summed E-state index contributed by atoms with van der Waals surface area (Å²) in [6, 6.07) is 4.37. The summed E-state index contributed by atoms with van der Waals surface area (Å²) in [5, 5.41) is 0.568. The topological polar surface area (TPSA) is 112 Å². The van der Waals surface area contributed by atoms with E-state index >= 15 is 0 Å². The lowest BCUT2D eigenvalue weighted by atomic mass is 9.83. The predicted octanol–water partition coefficient (Wildman–Crippen LogP) is 3.26. The van der Waals surface area contributed by atoms with Gasteiger partial charge in [-0.25, -0.2) is 9.28 Å². The van der Waals surface area contributed by atoms with Crippen LogP contribution in [0.1, 0.15) is 50.5 Å². The molecule has 1 aliphatic carbocycles. The molecule has 166 valence electrons. The van der Waals surface area contributed by atoms with Gasteiger partial charge in [-0.05, 0) is 30.9 Å². The first-order valence-electron chi connectivity index (χ1n) is 10.9. The lowest BCUT2D eigenvalue weighted by Gasteiger charge is -2.40. The summed E-state index contributed by atoms with van der Waals surface area (Å²) in [6.45, 7) is 0.869. The minimum Gasteiger partial charge on any atom is -0.364 e. The van der Waals surface area contributed by atoms with Crippen LogP contribution in [0.3, 0.4) is 0 Å². The van der Waals surface area contributed by atoms with E-state index in [1.54, 1.807) is 12.3 Å². The fourth-order valence-corrected chi connectivity index (χ4v) is 6.03. The standard InChI is InChI=1S/C22H28ClN5O2S/c23-16-8-9-17(18-12-26-31-27-18)15(11-16)13-28(10-4-7-19(28)21(25)29)22(30)20(24)14-5-2-1-3-6-14/h8-9,11-12,14,19-20H,1-7,10,13,24H2,(H-,25,29)/p+1/t19-,20+,28?/m0/s1. The Bertz CT molecular complexity index is 947. The number of carbonyl (C=O) groups excluding carboxylic acids is 2. The number of nitrogens with two attached hydrogens (primary N) is 2. The van der Waals surface area contributed by atoms with Crippen molar-refractivity contribution in [2.45, 2.75) is 63.6 Å². The molecule has 0 radical (unpaired) electrons. The zero-order chi connectivity index (χ0) is 22.0. The Morgan fingerprint density at radius 3 is 2.65 bits per heavy atom. The van der Waals surface area contributed by atoms with Crippen molar-refractivity contribution >= 4 is 35.1 Å². The Labute approximate surface area is 191 Å². The summed E-state index contributed by atoms with van der Waals surface area (Å²) in [4.78, 5) is 26.4. The summed E-state index contributed by atoms with van der Waals surface area (Å²) >= 11 is 7.46. The molecule has 1 saturated heterocycles. The lowest BCUT2D eigenvalue weighted by Crippen LogP contribution is -2.65. The van der Waals surface area contributed by atoms with E-state index in [2.05, 4.69) is 8.75 Å². The molecule has 2 aromatic rings. The van der Waals surface area contributed by atoms with Gasteiger partial charge in [-0.3, -0.25) is 4.79 Å². The van der Waals surface area contributed by atoms with Crippen molar-refractivity contribution in [1.82, 2.24) is 8.75 Å². The Morgan fingerprint density at radius 1 is 1.19 bits per heavy atom. The second-order valence-electron chi connectivity index (χ2n) is 8.83. The fraction of sp³-hybridized carbons (Fsp3) is 0.545. The number of likely N-dealkylation sites (tertiary alicyclic amines) is 1. The molecule has 4 N–H and O–H groups in total. The number of hydrogen-bond acceptors (Lipinski definition) is 6. The van der Waals surface area contributed by atoms with E-state index in [0.29, 0.717) is 24.5 Å². The Balaban J connectivity index is 1.74. The maximum Gasteiger partial charge on any atom is 0.331 e. The van der Waals surface area contributed by atoms with Gasteiger partial charge in [0.05, 0.1) is 24.5 Å². The van der Waals surface area contributed by atoms with Gasteiger partial charge in [0.2, 0.25) is 0 Å². The quantitative estimate of drug-likeness (QED) is 0.640. The van der Waals surface area contributed by atoms with Gasteiger partial charge in [0, 0.05) is 29.0 Å². The number of aromatic nitrogens is 2. The number of hydrogen-bond donors (Lipinski definition) is 2. The van der Waals surface area contributed by atoms with Gasteiger partial charge >= 0.3 is 5.91 Å². The maximum absolute atomic E-state index is 13.9. The van der Waals surface area contributed by atoms with Crippen molar-refractivity contribution in [1.29, 1.82) is 0 Å². The number of rotatable bonds is 6. The van der Waals surface area contributed by atoms with Crippen LogP contribution in [-0.2, 0) is 16.1 Å². The average molecular weight is 463 g/mol. The molecule has 4 rings (SSSR count). The SMILES string of the molecule is NC(=O)[C@@H]1CCC[N+]1(Cc1cc(Cl)ccc1-c1cnsn1)C(=O)[C@H](N)C1CCCCC1. The number of nitrogens with zero attached hydrogens (tertiary/aromatic N) is 3. The van der Waals surface area contributed by atoms with E-state index in [4.69, 9.17) is 23.1 Å². The van der Waals surface area contributed by atoms with Gasteiger partial charge in [-0.15, -0.1) is 0 Å². The molecule has 1 saturated carbocycles. The third-order valence-electron chi connectivity index (χ3n) is 7.00. The molecule has 0 bridgehead atoms. The number of amides is 2. The van der Waals surface area contributed by atoms with Crippen LogP contribution in [0.15, 0.2) is 24.4 Å². The molecule has 2 aliphatic rings. The maximum atomic E-state index is 13.9. The van der Waals surface area contributed by atoms with Crippen molar-refractivity contribution < 1.29 is 14.1 Å². The Kier molecular flexibility index (Phi) is 6.71. The molecule has 2 fully saturated rings. The zero-order valence-corrected chi connectivity index (χ0v) is 19.1. The highest BCUT2D eigenvalue weighted by Gasteiger charge is 2.53. The van der Waals surface area contributed by atoms with E-state index in [0.717, 1.165) is 60.7 Å². The summed E-state index contributed by atoms with van der Waals surface area (Å²) < 4.78 is 8.44. The molecule has 1 aromatic heterocycles. The number of primary amides is 1. The molecule has 9 heteroatoms. The minimum absolute atomic E-state index is 0.0299. The molecule has 7 nitrogen and oxygen atoms in total. The van der Waals surface area contributed by atoms with Crippen LogP contribution >= 0.6 is 23.3 Å². The number of quaternary nitrogens is 1. The van der Waals surface area contributed by atoms with Crippen LogP contribution in [0, 0.1) is 5.92 Å². The monoisotopic (exact) mass is 462 g/mol. The van der Waals surface area contributed by atoms with E-state index < -0.39 is 18.0 Å². The van der Waals surface area contributed by atoms with Crippen LogP contribution in [0.5, 0.6) is 0 Å². The molecule has 0 spiro atoms. The van der Waals surface area contributed by atoms with E-state index in [9.17, 15) is 9.59 Å². The van der Waals surface area contributed by atoms with Crippen molar-refractivity contribution in [3.05, 3.63) is 35.0 Å². The molecular weight excluding hydrogens is 434 g/mol. The van der Waals surface area contributed by atoms with Crippen LogP contribution in [0.25, 0.3) is 11.3 Å². The normalized spacial score (nSPS) is 25.4. The van der Waals surface area contributed by atoms with Gasteiger partial charge in [0.15, 0.2) is 6.04 Å². The van der Waals surface area contributed by atoms with Crippen molar-refractivity contribution in [3.8, 4) is 11.3 Å². The second-order valence-corrected chi connectivity index (χ2v) is 9.83. The van der Waals surface area contributed by atoms with E-state index in [1.165, 1.54) is 6.42 Å². The van der Waals surface area contributed by atoms with E-state index in [-0.39, 0.29) is 16.3 Å². The molecule has 1 unspecified atom stereocenters. The number of carbonyl (C=O) groups is 2. The highest BCUT2D eigenvalue weighted by Crippen LogP contribution is 2.37. The highest BCUT2D eigenvalue weighted by atomic mass is 35.5. The average Bonchev–Trinajstić information content (AvgIpc) is 3.44. The summed E-state index contributed by atoms with van der Waals surface area (Å²) in [6.07, 6.45) is 8.35. The largest absolute Gasteiger partial charge is 0.364 e. The Morgan fingerprint density at radius 2 is 1.97 bits per heavy atom. The molecule has 1 aromatic carbocycles. The van der Waals surface area contributed by atoms with Gasteiger partial charge in [-0.2, -0.15) is 8.75 Å². The number of benzene rings is 1. The third kappa shape index (κ3) is 4.39. The van der Waals surface area contributed by atoms with Crippen molar-refractivity contribution in [2.75, 3.05) is 6.54 Å². The smallest absolute Gasteiger partial charge is 0.331 e.